The maximum atomic E-state index is 12.6. The Morgan fingerprint density at radius 1 is 1.52 bits per heavy atom. The van der Waals surface area contributed by atoms with Crippen LogP contribution in [0.3, 0.4) is 0 Å². The second kappa shape index (κ2) is 7.60. The zero-order valence-corrected chi connectivity index (χ0v) is 13.4. The van der Waals surface area contributed by atoms with Gasteiger partial charge in [0.15, 0.2) is 0 Å². The lowest BCUT2D eigenvalue weighted by Crippen LogP contribution is -2.41. The molecule has 1 fully saturated rings. The van der Waals surface area contributed by atoms with E-state index in [0.29, 0.717) is 6.42 Å². The van der Waals surface area contributed by atoms with Crippen molar-refractivity contribution in [1.29, 1.82) is 0 Å². The van der Waals surface area contributed by atoms with Crippen LogP contribution in [0.25, 0.3) is 0 Å². The summed E-state index contributed by atoms with van der Waals surface area (Å²) in [6.07, 6.45) is 1.48. The first kappa shape index (κ1) is 16.0. The van der Waals surface area contributed by atoms with E-state index in [1.165, 1.54) is 11.3 Å². The smallest absolute Gasteiger partial charge is 0.255 e. The minimum Gasteiger partial charge on any atom is -0.395 e. The van der Waals surface area contributed by atoms with Gasteiger partial charge in [0.05, 0.1) is 17.0 Å². The van der Waals surface area contributed by atoms with E-state index in [1.54, 1.807) is 0 Å². The molecule has 0 aromatic carbocycles. The van der Waals surface area contributed by atoms with E-state index in [4.69, 9.17) is 5.11 Å². The molecule has 0 radical (unpaired) electrons. The van der Waals surface area contributed by atoms with Gasteiger partial charge in [-0.3, -0.25) is 4.79 Å². The number of nitrogens with zero attached hydrogens (tertiary/aromatic N) is 2. The van der Waals surface area contributed by atoms with Crippen molar-refractivity contribution in [1.82, 2.24) is 9.80 Å². The number of thiophene rings is 1. The minimum absolute atomic E-state index is 0.0724. The van der Waals surface area contributed by atoms with Crippen LogP contribution in [0, 0.1) is 11.8 Å². The third-order valence-corrected chi connectivity index (χ3v) is 4.45. The van der Waals surface area contributed by atoms with Gasteiger partial charge in [-0.1, -0.05) is 11.8 Å². The molecule has 4 nitrogen and oxygen atoms in total. The van der Waals surface area contributed by atoms with Crippen molar-refractivity contribution in [2.75, 3.05) is 33.3 Å². The van der Waals surface area contributed by atoms with Crippen molar-refractivity contribution < 1.29 is 9.90 Å². The first-order chi connectivity index (χ1) is 10.1. The lowest BCUT2D eigenvalue weighted by molar-refractivity contribution is 0.0697. The minimum atomic E-state index is 0.0724. The molecule has 1 aromatic rings. The van der Waals surface area contributed by atoms with Crippen LogP contribution in [0.1, 0.15) is 35.0 Å². The van der Waals surface area contributed by atoms with Gasteiger partial charge in [0.2, 0.25) is 0 Å². The maximum absolute atomic E-state index is 12.6. The van der Waals surface area contributed by atoms with Crippen molar-refractivity contribution in [2.24, 2.45) is 0 Å². The second-order valence-electron chi connectivity index (χ2n) is 5.44. The van der Waals surface area contributed by atoms with Crippen molar-refractivity contribution in [2.45, 2.75) is 25.8 Å². The Morgan fingerprint density at radius 2 is 2.33 bits per heavy atom. The molecule has 0 spiro atoms. The van der Waals surface area contributed by atoms with Crippen molar-refractivity contribution in [3.05, 3.63) is 21.9 Å². The van der Waals surface area contributed by atoms with Crippen LogP contribution in [0.4, 0.5) is 0 Å². The number of aliphatic hydroxyl groups is 1. The summed E-state index contributed by atoms with van der Waals surface area (Å²) in [5.41, 5.74) is 0.727. The highest BCUT2D eigenvalue weighted by atomic mass is 32.1. The number of hydrogen-bond acceptors (Lipinski definition) is 4. The normalized spacial score (nSPS) is 19.8. The predicted molar refractivity (Wildman–Crippen MR) is 85.5 cm³/mol. The second-order valence-corrected chi connectivity index (χ2v) is 6.35. The Morgan fingerprint density at radius 3 is 3.10 bits per heavy atom. The van der Waals surface area contributed by atoms with Gasteiger partial charge >= 0.3 is 0 Å². The van der Waals surface area contributed by atoms with Crippen LogP contribution < -0.4 is 0 Å². The van der Waals surface area contributed by atoms with E-state index in [2.05, 4.69) is 30.7 Å². The SMILES string of the molecule is CC1CN(C)CCCN1C(=O)c1csc(C#CCCO)c1. The lowest BCUT2D eigenvalue weighted by Gasteiger charge is -2.27. The lowest BCUT2D eigenvalue weighted by atomic mass is 10.2. The van der Waals surface area contributed by atoms with E-state index in [1.807, 2.05) is 16.3 Å². The average molecular weight is 306 g/mol. The number of carbonyl (C=O) groups is 1. The first-order valence-electron chi connectivity index (χ1n) is 7.29. The molecule has 2 heterocycles. The number of aliphatic hydroxyl groups excluding tert-OH is 1. The number of hydrogen-bond donors (Lipinski definition) is 1. The number of likely N-dealkylation sites (N-methyl/N-ethyl adjacent to an activating group) is 1. The van der Waals surface area contributed by atoms with Gasteiger partial charge in [0.1, 0.15) is 0 Å². The molecule has 5 heteroatoms. The summed E-state index contributed by atoms with van der Waals surface area (Å²) >= 11 is 1.49. The van der Waals surface area contributed by atoms with Gasteiger partial charge in [-0.05, 0) is 33.0 Å². The van der Waals surface area contributed by atoms with Crippen LogP contribution >= 0.6 is 11.3 Å². The molecule has 1 unspecified atom stereocenters. The van der Waals surface area contributed by atoms with E-state index < -0.39 is 0 Å². The van der Waals surface area contributed by atoms with Crippen LogP contribution in [0.15, 0.2) is 11.4 Å². The average Bonchev–Trinajstić information content (AvgIpc) is 2.85. The number of amides is 1. The molecule has 1 saturated heterocycles. The molecule has 1 aliphatic rings. The van der Waals surface area contributed by atoms with Crippen LogP contribution in [0.5, 0.6) is 0 Å². The highest BCUT2D eigenvalue weighted by Gasteiger charge is 2.25. The maximum Gasteiger partial charge on any atom is 0.255 e. The van der Waals surface area contributed by atoms with Crippen LogP contribution in [0.2, 0.25) is 0 Å². The van der Waals surface area contributed by atoms with Gasteiger partial charge in [-0.25, -0.2) is 0 Å². The topological polar surface area (TPSA) is 43.8 Å². The Bertz CT molecular complexity index is 544. The molecular formula is C16H22N2O2S. The first-order valence-corrected chi connectivity index (χ1v) is 8.17. The molecule has 2 rings (SSSR count). The van der Waals surface area contributed by atoms with Gasteiger partial charge in [0, 0.05) is 30.9 Å². The van der Waals surface area contributed by atoms with E-state index in [0.717, 1.165) is 36.5 Å². The molecule has 0 bridgehead atoms. The fourth-order valence-electron chi connectivity index (χ4n) is 2.56. The zero-order chi connectivity index (χ0) is 15.2. The Hall–Kier alpha value is -1.35. The monoisotopic (exact) mass is 306 g/mol. The Labute approximate surface area is 130 Å². The molecule has 1 aromatic heterocycles. The predicted octanol–water partition coefficient (Wildman–Crippen LogP) is 1.65. The van der Waals surface area contributed by atoms with E-state index >= 15 is 0 Å². The highest BCUT2D eigenvalue weighted by molar-refractivity contribution is 7.10. The molecule has 1 N–H and O–H groups in total. The summed E-state index contributed by atoms with van der Waals surface area (Å²) in [5.74, 6) is 5.97. The van der Waals surface area contributed by atoms with Crippen molar-refractivity contribution >= 4 is 17.2 Å². The molecule has 114 valence electrons. The molecule has 0 aliphatic carbocycles. The standard InChI is InChI=1S/C16H22N2O2S/c1-13-11-17(2)7-5-8-18(13)16(20)14-10-15(21-12-14)6-3-4-9-19/h10,12-13,19H,4-5,7-9,11H2,1-2H3. The fourth-order valence-corrected chi connectivity index (χ4v) is 3.31. The Kier molecular flexibility index (Phi) is 5.80. The third kappa shape index (κ3) is 4.31. The van der Waals surface area contributed by atoms with Crippen molar-refractivity contribution in [3.63, 3.8) is 0 Å². The summed E-state index contributed by atoms with van der Waals surface area (Å²) < 4.78 is 0. The highest BCUT2D eigenvalue weighted by Crippen LogP contribution is 2.18. The summed E-state index contributed by atoms with van der Waals surface area (Å²) in [6, 6.07) is 2.09. The van der Waals surface area contributed by atoms with Gasteiger partial charge < -0.3 is 14.9 Å². The number of carbonyl (C=O) groups excluding carboxylic acids is 1. The van der Waals surface area contributed by atoms with Gasteiger partial charge in [-0.2, -0.15) is 0 Å². The van der Waals surface area contributed by atoms with Crippen LogP contribution in [-0.2, 0) is 0 Å². The molecule has 1 aliphatic heterocycles. The molecule has 1 amide bonds. The molecule has 0 saturated carbocycles. The molecular weight excluding hydrogens is 284 g/mol. The van der Waals surface area contributed by atoms with E-state index in [9.17, 15) is 4.79 Å². The quantitative estimate of drug-likeness (QED) is 0.845. The summed E-state index contributed by atoms with van der Waals surface area (Å²) in [4.78, 5) is 17.8. The zero-order valence-electron chi connectivity index (χ0n) is 12.6. The van der Waals surface area contributed by atoms with E-state index in [-0.39, 0.29) is 18.6 Å². The fraction of sp³-hybridized carbons (Fsp3) is 0.562. The van der Waals surface area contributed by atoms with Crippen LogP contribution in [-0.4, -0.2) is 60.1 Å². The van der Waals surface area contributed by atoms with Gasteiger partial charge in [0.25, 0.3) is 5.91 Å². The number of rotatable bonds is 2. The Balaban J connectivity index is 2.07. The largest absolute Gasteiger partial charge is 0.395 e. The summed E-state index contributed by atoms with van der Waals surface area (Å²) in [5, 5.41) is 10.6. The molecule has 21 heavy (non-hydrogen) atoms. The summed E-state index contributed by atoms with van der Waals surface area (Å²) in [7, 11) is 2.10. The van der Waals surface area contributed by atoms with Crippen molar-refractivity contribution in [3.8, 4) is 11.8 Å². The summed E-state index contributed by atoms with van der Waals surface area (Å²) in [6.45, 7) is 4.94. The third-order valence-electron chi connectivity index (χ3n) is 3.60. The molecule has 1 atom stereocenters. The van der Waals surface area contributed by atoms with Gasteiger partial charge in [-0.15, -0.1) is 11.3 Å².